The van der Waals surface area contributed by atoms with Crippen molar-refractivity contribution < 1.29 is 13.9 Å². The van der Waals surface area contributed by atoms with Crippen LogP contribution in [-0.4, -0.2) is 46.6 Å². The fraction of sp³-hybridized carbons (Fsp3) is 0.227. The molecule has 0 bridgehead atoms. The van der Waals surface area contributed by atoms with Gasteiger partial charge in [0.1, 0.15) is 22.7 Å². The number of anilines is 2. The lowest BCUT2D eigenvalue weighted by atomic mass is 10.1. The van der Waals surface area contributed by atoms with Crippen LogP contribution in [-0.2, 0) is 11.3 Å². The van der Waals surface area contributed by atoms with E-state index in [0.29, 0.717) is 30.8 Å². The summed E-state index contributed by atoms with van der Waals surface area (Å²) in [5, 5.41) is 3.38. The highest BCUT2D eigenvalue weighted by Crippen LogP contribution is 2.23. The van der Waals surface area contributed by atoms with E-state index in [4.69, 9.17) is 10.5 Å². The summed E-state index contributed by atoms with van der Waals surface area (Å²) in [6.07, 6.45) is 1.52. The molecule has 1 aliphatic heterocycles. The number of nitrogens with two attached hydrogens (primary N) is 1. The zero-order valence-corrected chi connectivity index (χ0v) is 16.7. The Morgan fingerprint density at radius 1 is 1.16 bits per heavy atom. The topological polar surface area (TPSA) is 97.8 Å². The Labute approximate surface area is 177 Å². The average Bonchev–Trinajstić information content (AvgIpc) is 3.26. The quantitative estimate of drug-likeness (QED) is 0.526. The predicted molar refractivity (Wildman–Crippen MR) is 116 cm³/mol. The Balaban J connectivity index is 1.37. The number of amides is 1. The summed E-state index contributed by atoms with van der Waals surface area (Å²) in [5.41, 5.74) is 8.75. The average molecular weight is 420 g/mol. The maximum Gasteiger partial charge on any atom is 0.271 e. The first-order valence-electron chi connectivity index (χ1n) is 10.0. The molecule has 0 aliphatic carbocycles. The number of hydrogen-bond acceptors (Lipinski definition) is 6. The molecule has 0 unspecified atom stereocenters. The minimum atomic E-state index is -0.485. The molecular weight excluding hydrogens is 399 g/mol. The molecule has 1 aliphatic rings. The van der Waals surface area contributed by atoms with Crippen LogP contribution in [0.25, 0.3) is 16.6 Å². The lowest BCUT2D eigenvalue weighted by molar-refractivity contribution is 0.0946. The predicted octanol–water partition coefficient (Wildman–Crippen LogP) is 2.37. The van der Waals surface area contributed by atoms with Crippen molar-refractivity contribution in [2.75, 3.05) is 36.9 Å². The number of aromatic nitrogens is 3. The summed E-state index contributed by atoms with van der Waals surface area (Å²) in [4.78, 5) is 23.5. The van der Waals surface area contributed by atoms with Crippen LogP contribution in [0.15, 0.2) is 48.7 Å². The molecule has 4 aromatic rings. The maximum atomic E-state index is 14.1. The first-order chi connectivity index (χ1) is 15.1. The van der Waals surface area contributed by atoms with Crippen molar-refractivity contribution in [1.29, 1.82) is 0 Å². The molecular formula is C22H21FN6O2. The van der Waals surface area contributed by atoms with Crippen LogP contribution < -0.4 is 16.0 Å². The normalized spacial score (nSPS) is 14.3. The molecule has 9 heteroatoms. The third-order valence-corrected chi connectivity index (χ3v) is 5.38. The van der Waals surface area contributed by atoms with E-state index in [1.165, 1.54) is 16.7 Å². The zero-order valence-electron chi connectivity index (χ0n) is 16.7. The fourth-order valence-corrected chi connectivity index (χ4v) is 3.79. The largest absolute Gasteiger partial charge is 0.378 e. The standard InChI is InChI=1S/C22H21FN6O2/c23-17-6-2-5-16-19(17)27-22(24)29-13-18(26-20(16)29)21(30)25-12-14-3-1-4-15(11-14)28-7-9-31-10-8-28/h1-6,11,13H,7-10,12H2,(H2,24,27)(H,25,30). The Kier molecular flexibility index (Phi) is 4.87. The number of morpholine rings is 1. The fourth-order valence-electron chi connectivity index (χ4n) is 3.79. The molecule has 0 saturated carbocycles. The van der Waals surface area contributed by atoms with E-state index in [-0.39, 0.29) is 23.1 Å². The molecule has 3 N–H and O–H groups in total. The minimum Gasteiger partial charge on any atom is -0.378 e. The van der Waals surface area contributed by atoms with Crippen LogP contribution in [0.3, 0.4) is 0 Å². The number of nitrogens with one attached hydrogen (secondary N) is 1. The number of fused-ring (bicyclic) bond motifs is 3. The minimum absolute atomic E-state index is 0.0670. The first-order valence-corrected chi connectivity index (χ1v) is 10.0. The molecule has 0 atom stereocenters. The van der Waals surface area contributed by atoms with Gasteiger partial charge >= 0.3 is 0 Å². The number of benzene rings is 2. The Morgan fingerprint density at radius 2 is 1.97 bits per heavy atom. The van der Waals surface area contributed by atoms with Crippen molar-refractivity contribution in [1.82, 2.24) is 19.7 Å². The number of halogens is 1. The summed E-state index contributed by atoms with van der Waals surface area (Å²) in [6.45, 7) is 3.48. The van der Waals surface area contributed by atoms with Crippen molar-refractivity contribution in [2.45, 2.75) is 6.54 Å². The molecule has 158 valence electrons. The van der Waals surface area contributed by atoms with E-state index < -0.39 is 5.82 Å². The highest BCUT2D eigenvalue weighted by atomic mass is 19.1. The molecule has 31 heavy (non-hydrogen) atoms. The van der Waals surface area contributed by atoms with E-state index in [2.05, 4.69) is 32.3 Å². The van der Waals surface area contributed by atoms with Gasteiger partial charge in [-0.05, 0) is 29.8 Å². The van der Waals surface area contributed by atoms with Gasteiger partial charge in [0, 0.05) is 36.9 Å². The summed E-state index contributed by atoms with van der Waals surface area (Å²) in [5.74, 6) is -0.761. The van der Waals surface area contributed by atoms with Gasteiger partial charge in [-0.15, -0.1) is 0 Å². The molecule has 5 rings (SSSR count). The Hall–Kier alpha value is -3.72. The molecule has 8 nitrogen and oxygen atoms in total. The number of rotatable bonds is 4. The zero-order chi connectivity index (χ0) is 21.4. The third kappa shape index (κ3) is 3.64. The van der Waals surface area contributed by atoms with Crippen molar-refractivity contribution in [3.63, 3.8) is 0 Å². The van der Waals surface area contributed by atoms with E-state index in [9.17, 15) is 9.18 Å². The lowest BCUT2D eigenvalue weighted by Crippen LogP contribution is -2.36. The Bertz CT molecular complexity index is 1280. The van der Waals surface area contributed by atoms with Crippen LogP contribution in [0.1, 0.15) is 16.1 Å². The van der Waals surface area contributed by atoms with Gasteiger partial charge in [-0.25, -0.2) is 14.4 Å². The van der Waals surface area contributed by atoms with Crippen molar-refractivity contribution in [3.8, 4) is 0 Å². The highest BCUT2D eigenvalue weighted by molar-refractivity contribution is 5.97. The summed E-state index contributed by atoms with van der Waals surface area (Å²) < 4.78 is 21.0. The summed E-state index contributed by atoms with van der Waals surface area (Å²) >= 11 is 0. The number of ether oxygens (including phenoxy) is 1. The summed E-state index contributed by atoms with van der Waals surface area (Å²) in [7, 11) is 0. The van der Waals surface area contributed by atoms with E-state index in [0.717, 1.165) is 24.3 Å². The lowest BCUT2D eigenvalue weighted by Gasteiger charge is -2.29. The number of imidazole rings is 1. The molecule has 1 amide bonds. The van der Waals surface area contributed by atoms with E-state index in [1.807, 2.05) is 12.1 Å². The number of carbonyl (C=O) groups excluding carboxylic acids is 1. The van der Waals surface area contributed by atoms with Crippen LogP contribution in [0, 0.1) is 5.82 Å². The van der Waals surface area contributed by atoms with Gasteiger partial charge < -0.3 is 20.7 Å². The number of nitrogens with zero attached hydrogens (tertiary/aromatic N) is 4. The van der Waals surface area contributed by atoms with Gasteiger partial charge in [-0.1, -0.05) is 18.2 Å². The van der Waals surface area contributed by atoms with Crippen molar-refractivity contribution >= 4 is 34.1 Å². The maximum absolute atomic E-state index is 14.1. The van der Waals surface area contributed by atoms with Gasteiger partial charge in [-0.2, -0.15) is 0 Å². The van der Waals surface area contributed by atoms with Crippen LogP contribution in [0.5, 0.6) is 0 Å². The second-order valence-electron chi connectivity index (χ2n) is 7.38. The molecule has 2 aromatic heterocycles. The second-order valence-corrected chi connectivity index (χ2v) is 7.38. The monoisotopic (exact) mass is 420 g/mol. The van der Waals surface area contributed by atoms with Gasteiger partial charge in [0.15, 0.2) is 0 Å². The van der Waals surface area contributed by atoms with Gasteiger partial charge in [0.2, 0.25) is 5.95 Å². The molecule has 1 fully saturated rings. The highest BCUT2D eigenvalue weighted by Gasteiger charge is 2.17. The van der Waals surface area contributed by atoms with Crippen LogP contribution in [0.2, 0.25) is 0 Å². The number of hydrogen-bond donors (Lipinski definition) is 2. The number of carbonyl (C=O) groups is 1. The smallest absolute Gasteiger partial charge is 0.271 e. The van der Waals surface area contributed by atoms with Gasteiger partial charge in [0.05, 0.1) is 13.2 Å². The van der Waals surface area contributed by atoms with Crippen LogP contribution >= 0.6 is 0 Å². The van der Waals surface area contributed by atoms with E-state index >= 15 is 0 Å². The molecule has 2 aromatic carbocycles. The number of nitrogen functional groups attached to an aromatic ring is 1. The molecule has 0 radical (unpaired) electrons. The van der Waals surface area contributed by atoms with Gasteiger partial charge in [0.25, 0.3) is 5.91 Å². The van der Waals surface area contributed by atoms with Crippen molar-refractivity contribution in [2.24, 2.45) is 0 Å². The molecule has 1 saturated heterocycles. The van der Waals surface area contributed by atoms with Crippen LogP contribution in [0.4, 0.5) is 16.0 Å². The van der Waals surface area contributed by atoms with Crippen molar-refractivity contribution in [3.05, 3.63) is 65.7 Å². The first kappa shape index (κ1) is 19.3. The molecule has 0 spiro atoms. The Morgan fingerprint density at radius 3 is 2.81 bits per heavy atom. The second kappa shape index (κ2) is 7.84. The summed E-state index contributed by atoms with van der Waals surface area (Å²) in [6, 6.07) is 12.6. The number of para-hydroxylation sites is 1. The molecule has 3 heterocycles. The van der Waals surface area contributed by atoms with Gasteiger partial charge in [-0.3, -0.25) is 9.20 Å². The SMILES string of the molecule is Nc1nc2c(F)cccc2c2nc(C(=O)NCc3cccc(N4CCOCC4)c3)cn12. The van der Waals surface area contributed by atoms with E-state index in [1.54, 1.807) is 12.1 Å². The third-order valence-electron chi connectivity index (χ3n) is 5.38.